The van der Waals surface area contributed by atoms with E-state index in [0.29, 0.717) is 13.2 Å². The molecule has 0 aliphatic carbocycles. The minimum atomic E-state index is -5.08. The lowest BCUT2D eigenvalue weighted by Crippen LogP contribution is -2.43. The Balaban J connectivity index is 0.000000293. The zero-order chi connectivity index (χ0) is 12.8. The van der Waals surface area contributed by atoms with E-state index >= 15 is 0 Å². The van der Waals surface area contributed by atoms with E-state index in [-0.39, 0.29) is 5.54 Å². The summed E-state index contributed by atoms with van der Waals surface area (Å²) in [5.74, 6) is -0.179. The molecule has 0 amide bonds. The third-order valence-corrected chi connectivity index (χ3v) is 1.91. The van der Waals surface area contributed by atoms with Gasteiger partial charge in [0.2, 0.25) is 0 Å². The van der Waals surface area contributed by atoms with E-state index < -0.39 is 12.1 Å². The summed E-state index contributed by atoms with van der Waals surface area (Å²) >= 11 is 0. The first-order valence-electron chi connectivity index (χ1n) is 4.36. The molecule has 0 aromatic heterocycles. The third kappa shape index (κ3) is 5.58. The second kappa shape index (κ2) is 5.72. The molecular formula is C9H12F3NO3. The topological polar surface area (TPSA) is 72.5 Å². The van der Waals surface area contributed by atoms with E-state index in [2.05, 4.69) is 5.92 Å². The molecule has 1 aliphatic heterocycles. The molecule has 3 N–H and O–H groups in total. The van der Waals surface area contributed by atoms with Gasteiger partial charge in [-0.1, -0.05) is 5.92 Å². The molecule has 16 heavy (non-hydrogen) atoms. The predicted molar refractivity (Wildman–Crippen MR) is 49.5 cm³/mol. The number of aliphatic carboxylic acids is 1. The van der Waals surface area contributed by atoms with Gasteiger partial charge in [0, 0.05) is 26.1 Å². The van der Waals surface area contributed by atoms with Crippen molar-refractivity contribution in [2.45, 2.75) is 24.6 Å². The molecule has 7 heteroatoms. The lowest BCUT2D eigenvalue weighted by Gasteiger charge is -2.27. The lowest BCUT2D eigenvalue weighted by atomic mass is 9.93. The van der Waals surface area contributed by atoms with E-state index in [9.17, 15) is 13.2 Å². The molecule has 1 rings (SSSR count). The van der Waals surface area contributed by atoms with Crippen LogP contribution >= 0.6 is 0 Å². The zero-order valence-corrected chi connectivity index (χ0v) is 8.38. The van der Waals surface area contributed by atoms with Crippen LogP contribution in [0, 0.1) is 12.3 Å². The predicted octanol–water partition coefficient (Wildman–Crippen LogP) is 0.761. The van der Waals surface area contributed by atoms with Gasteiger partial charge in [-0.3, -0.25) is 0 Å². The average molecular weight is 239 g/mol. The smallest absolute Gasteiger partial charge is 0.475 e. The largest absolute Gasteiger partial charge is 0.490 e. The van der Waals surface area contributed by atoms with Gasteiger partial charge < -0.3 is 15.6 Å². The highest BCUT2D eigenvalue weighted by molar-refractivity contribution is 5.73. The SMILES string of the molecule is C#CC1(N)CCOCC1.O=C(O)C(F)(F)F. The van der Waals surface area contributed by atoms with Crippen LogP contribution in [-0.2, 0) is 9.53 Å². The van der Waals surface area contributed by atoms with Crippen LogP contribution in [0.4, 0.5) is 13.2 Å². The zero-order valence-electron chi connectivity index (χ0n) is 8.38. The first kappa shape index (κ1) is 14.7. The normalized spacial score (nSPS) is 18.9. The van der Waals surface area contributed by atoms with Crippen molar-refractivity contribution >= 4 is 5.97 Å². The van der Waals surface area contributed by atoms with E-state index in [1.807, 2.05) is 0 Å². The van der Waals surface area contributed by atoms with Crippen molar-refractivity contribution in [1.82, 2.24) is 0 Å². The molecule has 0 aromatic rings. The number of carboxylic acids is 1. The van der Waals surface area contributed by atoms with Crippen molar-refractivity contribution in [3.05, 3.63) is 0 Å². The van der Waals surface area contributed by atoms with Crippen LogP contribution in [0.15, 0.2) is 0 Å². The van der Waals surface area contributed by atoms with Crippen LogP contribution in [0.25, 0.3) is 0 Å². The summed E-state index contributed by atoms with van der Waals surface area (Å²) in [7, 11) is 0. The van der Waals surface area contributed by atoms with Crippen LogP contribution in [0.2, 0.25) is 0 Å². The number of nitrogens with two attached hydrogens (primary N) is 1. The number of hydrogen-bond acceptors (Lipinski definition) is 3. The molecule has 0 bridgehead atoms. The highest BCUT2D eigenvalue weighted by Gasteiger charge is 2.38. The highest BCUT2D eigenvalue weighted by Crippen LogP contribution is 2.15. The molecule has 0 unspecified atom stereocenters. The Morgan fingerprint density at radius 1 is 1.44 bits per heavy atom. The van der Waals surface area contributed by atoms with Gasteiger partial charge in [0.15, 0.2) is 0 Å². The van der Waals surface area contributed by atoms with Crippen molar-refractivity contribution in [1.29, 1.82) is 0 Å². The summed E-state index contributed by atoms with van der Waals surface area (Å²) in [5.41, 5.74) is 5.37. The Kier molecular flexibility index (Phi) is 5.27. The quantitative estimate of drug-likeness (QED) is 0.612. The monoisotopic (exact) mass is 239 g/mol. The number of alkyl halides is 3. The van der Waals surface area contributed by atoms with Crippen LogP contribution in [0.5, 0.6) is 0 Å². The first-order valence-corrected chi connectivity index (χ1v) is 4.36. The van der Waals surface area contributed by atoms with Crippen LogP contribution in [0.1, 0.15) is 12.8 Å². The van der Waals surface area contributed by atoms with Crippen molar-refractivity contribution in [2.24, 2.45) is 5.73 Å². The minimum absolute atomic E-state index is 0.377. The van der Waals surface area contributed by atoms with Gasteiger partial charge in [0.25, 0.3) is 0 Å². The van der Waals surface area contributed by atoms with Crippen molar-refractivity contribution < 1.29 is 27.8 Å². The maximum Gasteiger partial charge on any atom is 0.490 e. The Morgan fingerprint density at radius 2 is 1.81 bits per heavy atom. The van der Waals surface area contributed by atoms with Gasteiger partial charge in [-0.15, -0.1) is 6.42 Å². The van der Waals surface area contributed by atoms with Gasteiger partial charge in [0.05, 0.1) is 5.54 Å². The second-order valence-electron chi connectivity index (χ2n) is 3.22. The second-order valence-corrected chi connectivity index (χ2v) is 3.22. The van der Waals surface area contributed by atoms with Gasteiger partial charge in [-0.25, -0.2) is 4.79 Å². The molecule has 0 saturated carbocycles. The molecule has 1 fully saturated rings. The fourth-order valence-electron chi connectivity index (χ4n) is 0.880. The lowest BCUT2D eigenvalue weighted by molar-refractivity contribution is -0.192. The summed E-state index contributed by atoms with van der Waals surface area (Å²) < 4.78 is 36.8. The number of carbonyl (C=O) groups is 1. The van der Waals surface area contributed by atoms with Crippen LogP contribution < -0.4 is 5.73 Å². The Bertz CT molecular complexity index is 277. The highest BCUT2D eigenvalue weighted by atomic mass is 19.4. The van der Waals surface area contributed by atoms with Crippen molar-refractivity contribution in [3.8, 4) is 12.3 Å². The Labute approximate surface area is 90.6 Å². The minimum Gasteiger partial charge on any atom is -0.475 e. The molecule has 0 spiro atoms. The van der Waals surface area contributed by atoms with E-state index in [1.54, 1.807) is 0 Å². The average Bonchev–Trinajstić information content (AvgIpc) is 2.18. The number of carboxylic acid groups (broad SMARTS) is 1. The van der Waals surface area contributed by atoms with Gasteiger partial charge in [-0.05, 0) is 0 Å². The van der Waals surface area contributed by atoms with Crippen molar-refractivity contribution in [3.63, 3.8) is 0 Å². The molecule has 1 heterocycles. The van der Waals surface area contributed by atoms with E-state index in [4.69, 9.17) is 26.8 Å². The summed E-state index contributed by atoms with van der Waals surface area (Å²) in [6.45, 7) is 1.42. The molecular weight excluding hydrogens is 227 g/mol. The molecule has 1 saturated heterocycles. The summed E-state index contributed by atoms with van der Waals surface area (Å²) in [4.78, 5) is 8.90. The maximum atomic E-state index is 10.6. The Hall–Kier alpha value is -1.26. The third-order valence-electron chi connectivity index (χ3n) is 1.91. The summed E-state index contributed by atoms with van der Waals surface area (Å²) in [6.07, 6.45) is 1.71. The number of ether oxygens (including phenoxy) is 1. The van der Waals surface area contributed by atoms with Crippen LogP contribution in [-0.4, -0.2) is 36.0 Å². The number of halogens is 3. The molecule has 0 radical (unpaired) electrons. The van der Waals surface area contributed by atoms with Gasteiger partial charge >= 0.3 is 12.1 Å². The molecule has 0 aromatic carbocycles. The molecule has 4 nitrogen and oxygen atoms in total. The molecule has 1 aliphatic rings. The van der Waals surface area contributed by atoms with Crippen molar-refractivity contribution in [2.75, 3.05) is 13.2 Å². The number of rotatable bonds is 0. The number of hydrogen-bond donors (Lipinski definition) is 2. The number of terminal acetylenes is 1. The summed E-state index contributed by atoms with van der Waals surface area (Å²) in [5, 5.41) is 7.12. The van der Waals surface area contributed by atoms with E-state index in [1.165, 1.54) is 0 Å². The van der Waals surface area contributed by atoms with Gasteiger partial charge in [-0.2, -0.15) is 13.2 Å². The Morgan fingerprint density at radius 3 is 2.00 bits per heavy atom. The van der Waals surface area contributed by atoms with Gasteiger partial charge in [0.1, 0.15) is 0 Å². The fraction of sp³-hybridized carbons (Fsp3) is 0.667. The molecule has 0 atom stereocenters. The first-order chi connectivity index (χ1) is 7.21. The standard InChI is InChI=1S/C7H11NO.C2HF3O2/c1-2-7(8)3-5-9-6-4-7;3-2(4,5)1(6)7/h1H,3-6,8H2;(H,6,7). The fourth-order valence-corrected chi connectivity index (χ4v) is 0.880. The summed E-state index contributed by atoms with van der Waals surface area (Å²) in [6, 6.07) is 0. The molecule has 92 valence electrons. The van der Waals surface area contributed by atoms with Crippen LogP contribution in [0.3, 0.4) is 0 Å². The maximum absolute atomic E-state index is 10.6. The van der Waals surface area contributed by atoms with E-state index in [0.717, 1.165) is 12.8 Å².